The first kappa shape index (κ1) is 8.02. The molecule has 0 aliphatic rings. The van der Waals surface area contributed by atoms with E-state index in [0.717, 1.165) is 12.3 Å². The van der Waals surface area contributed by atoms with Crippen molar-refractivity contribution in [3.63, 3.8) is 0 Å². The minimum Gasteiger partial charge on any atom is -0.229 e. The molecule has 0 atom stereocenters. The molecule has 0 aliphatic carbocycles. The molecule has 0 amide bonds. The quantitative estimate of drug-likeness (QED) is 0.423. The average Bonchev–Trinajstić information content (AvgIpc) is 1.66. The molecule has 2 heteroatoms. The van der Waals surface area contributed by atoms with Crippen LogP contribution in [-0.2, 0) is 0 Å². The van der Waals surface area contributed by atoms with Gasteiger partial charge in [-0.2, -0.15) is 0 Å². The lowest BCUT2D eigenvalue weighted by molar-refractivity contribution is 0.691. The van der Waals surface area contributed by atoms with Gasteiger partial charge in [0.2, 0.25) is 0 Å². The van der Waals surface area contributed by atoms with E-state index in [1.54, 1.807) is 0 Å². The first-order valence-corrected chi connectivity index (χ1v) is 4.00. The third-order valence-electron chi connectivity index (χ3n) is 0.757. The van der Waals surface area contributed by atoms with E-state index in [9.17, 15) is 0 Å². The molecule has 0 fully saturated rings. The van der Waals surface area contributed by atoms with Crippen LogP contribution in [0.15, 0.2) is 4.40 Å². The third-order valence-corrected chi connectivity index (χ3v) is 1.12. The molecular formula is C6H13NS. The molecule has 0 radical (unpaired) electrons. The van der Waals surface area contributed by atoms with Crippen molar-refractivity contribution in [1.82, 2.24) is 0 Å². The van der Waals surface area contributed by atoms with Gasteiger partial charge in [-0.05, 0) is 24.3 Å². The predicted molar refractivity (Wildman–Crippen MR) is 41.5 cm³/mol. The van der Waals surface area contributed by atoms with Crippen molar-refractivity contribution >= 4 is 18.2 Å². The van der Waals surface area contributed by atoms with Gasteiger partial charge < -0.3 is 0 Å². The van der Waals surface area contributed by atoms with Gasteiger partial charge in [0.15, 0.2) is 0 Å². The molecule has 0 rings (SSSR count). The molecule has 0 spiro atoms. The summed E-state index contributed by atoms with van der Waals surface area (Å²) in [5, 5.41) is 0. The Hall–Kier alpha value is 0.0200. The Bertz CT molecular complexity index is 68.9. The molecule has 0 N–H and O–H groups in total. The maximum absolute atomic E-state index is 4.00. The van der Waals surface area contributed by atoms with E-state index in [1.165, 1.54) is 11.9 Å². The van der Waals surface area contributed by atoms with E-state index >= 15 is 0 Å². The van der Waals surface area contributed by atoms with Crippen LogP contribution in [0.25, 0.3) is 0 Å². The van der Waals surface area contributed by atoms with Crippen LogP contribution in [0.3, 0.4) is 0 Å². The fourth-order valence-electron chi connectivity index (χ4n) is 0.328. The van der Waals surface area contributed by atoms with Crippen molar-refractivity contribution in [3.8, 4) is 0 Å². The molecule has 0 aromatic rings. The van der Waals surface area contributed by atoms with Crippen LogP contribution in [0.1, 0.15) is 20.3 Å². The van der Waals surface area contributed by atoms with Crippen LogP contribution in [0, 0.1) is 5.92 Å². The lowest BCUT2D eigenvalue weighted by Gasteiger charge is -1.93. The summed E-state index contributed by atoms with van der Waals surface area (Å²) in [6.45, 7) is 4.37. The highest BCUT2D eigenvalue weighted by Crippen LogP contribution is 1.98. The van der Waals surface area contributed by atoms with E-state index in [0.29, 0.717) is 0 Å². The highest BCUT2D eigenvalue weighted by molar-refractivity contribution is 7.97. The predicted octanol–water partition coefficient (Wildman–Crippen LogP) is 2.38. The zero-order valence-electron chi connectivity index (χ0n) is 5.72. The second-order valence-electron chi connectivity index (χ2n) is 2.10. The van der Waals surface area contributed by atoms with Gasteiger partial charge in [0.1, 0.15) is 0 Å². The van der Waals surface area contributed by atoms with Crippen molar-refractivity contribution in [3.05, 3.63) is 0 Å². The molecule has 0 unspecified atom stereocenters. The zero-order chi connectivity index (χ0) is 6.41. The Balaban J connectivity index is 3.03. The monoisotopic (exact) mass is 131 g/mol. The van der Waals surface area contributed by atoms with Crippen molar-refractivity contribution in [1.29, 1.82) is 0 Å². The molecule has 0 bridgehead atoms. The minimum atomic E-state index is 0.742. The van der Waals surface area contributed by atoms with Gasteiger partial charge in [0, 0.05) is 12.5 Å². The Morgan fingerprint density at radius 2 is 2.25 bits per heavy atom. The maximum atomic E-state index is 4.00. The van der Waals surface area contributed by atoms with Crippen molar-refractivity contribution in [2.45, 2.75) is 20.3 Å². The topological polar surface area (TPSA) is 12.4 Å². The summed E-state index contributed by atoms with van der Waals surface area (Å²) in [4.78, 5) is 0. The first-order valence-electron chi connectivity index (χ1n) is 2.82. The smallest absolute Gasteiger partial charge is 0.0128 e. The Morgan fingerprint density at radius 1 is 1.62 bits per heavy atom. The molecular weight excluding hydrogens is 118 g/mol. The first-order chi connectivity index (χ1) is 3.77. The van der Waals surface area contributed by atoms with Gasteiger partial charge in [0.05, 0.1) is 0 Å². The lowest BCUT2D eigenvalue weighted by Crippen LogP contribution is -1.85. The molecule has 0 heterocycles. The van der Waals surface area contributed by atoms with E-state index in [1.807, 2.05) is 12.5 Å². The molecule has 8 heavy (non-hydrogen) atoms. The van der Waals surface area contributed by atoms with E-state index < -0.39 is 0 Å². The van der Waals surface area contributed by atoms with Crippen LogP contribution >= 0.6 is 11.9 Å². The van der Waals surface area contributed by atoms with Crippen LogP contribution < -0.4 is 0 Å². The summed E-state index contributed by atoms with van der Waals surface area (Å²) in [5.74, 6) is 0.742. The summed E-state index contributed by atoms with van der Waals surface area (Å²) < 4.78 is 4.00. The number of rotatable bonds is 3. The van der Waals surface area contributed by atoms with Gasteiger partial charge in [-0.1, -0.05) is 13.8 Å². The maximum Gasteiger partial charge on any atom is 0.0128 e. The average molecular weight is 131 g/mol. The zero-order valence-corrected chi connectivity index (χ0v) is 6.53. The summed E-state index contributed by atoms with van der Waals surface area (Å²) >= 11 is 1.51. The van der Waals surface area contributed by atoms with Gasteiger partial charge in [0.25, 0.3) is 0 Å². The van der Waals surface area contributed by atoms with Crippen molar-refractivity contribution in [2.75, 3.05) is 6.26 Å². The molecule has 0 aliphatic heterocycles. The second kappa shape index (κ2) is 5.16. The third kappa shape index (κ3) is 6.02. The SMILES string of the molecule is CSN=CCC(C)C. The standard InChI is InChI=1S/C6H13NS/c1-6(2)4-5-7-8-3/h5-6H,4H2,1-3H3. The number of hydrogen-bond acceptors (Lipinski definition) is 2. The Morgan fingerprint density at radius 3 is 2.62 bits per heavy atom. The number of nitrogens with zero attached hydrogens (tertiary/aromatic N) is 1. The van der Waals surface area contributed by atoms with Gasteiger partial charge in [-0.3, -0.25) is 0 Å². The molecule has 48 valence electrons. The minimum absolute atomic E-state index is 0.742. The Labute approximate surface area is 55.7 Å². The molecule has 0 aromatic heterocycles. The van der Waals surface area contributed by atoms with Crippen molar-refractivity contribution in [2.24, 2.45) is 10.3 Å². The summed E-state index contributed by atoms with van der Waals surface area (Å²) in [5.41, 5.74) is 0. The fraction of sp³-hybridized carbons (Fsp3) is 0.833. The molecule has 0 aromatic carbocycles. The van der Waals surface area contributed by atoms with Crippen LogP contribution in [-0.4, -0.2) is 12.5 Å². The largest absolute Gasteiger partial charge is 0.229 e. The van der Waals surface area contributed by atoms with Gasteiger partial charge in [-0.25, -0.2) is 4.40 Å². The van der Waals surface area contributed by atoms with Gasteiger partial charge in [-0.15, -0.1) is 0 Å². The molecule has 0 saturated heterocycles. The summed E-state index contributed by atoms with van der Waals surface area (Å²) in [7, 11) is 0. The van der Waals surface area contributed by atoms with Crippen LogP contribution in [0.5, 0.6) is 0 Å². The summed E-state index contributed by atoms with van der Waals surface area (Å²) in [6, 6.07) is 0. The second-order valence-corrected chi connectivity index (χ2v) is 2.68. The summed E-state index contributed by atoms with van der Waals surface area (Å²) in [6.07, 6.45) is 5.03. The fourth-order valence-corrected chi connectivity index (χ4v) is 0.564. The van der Waals surface area contributed by atoms with Crippen LogP contribution in [0.2, 0.25) is 0 Å². The van der Waals surface area contributed by atoms with E-state index in [-0.39, 0.29) is 0 Å². The van der Waals surface area contributed by atoms with E-state index in [4.69, 9.17) is 0 Å². The normalized spacial score (nSPS) is 11.5. The number of hydrogen-bond donors (Lipinski definition) is 0. The molecule has 0 saturated carbocycles. The van der Waals surface area contributed by atoms with Crippen molar-refractivity contribution < 1.29 is 0 Å². The Kier molecular flexibility index (Phi) is 5.18. The highest BCUT2D eigenvalue weighted by atomic mass is 32.2. The highest BCUT2D eigenvalue weighted by Gasteiger charge is 1.85. The molecule has 1 nitrogen and oxygen atoms in total. The van der Waals surface area contributed by atoms with Crippen LogP contribution in [0.4, 0.5) is 0 Å². The lowest BCUT2D eigenvalue weighted by atomic mass is 10.2. The van der Waals surface area contributed by atoms with E-state index in [2.05, 4.69) is 18.2 Å². The van der Waals surface area contributed by atoms with Gasteiger partial charge >= 0.3 is 0 Å².